The predicted molar refractivity (Wildman–Crippen MR) is 102 cm³/mol. The molecule has 3 heterocycles. The Morgan fingerprint density at radius 3 is 2.65 bits per heavy atom. The van der Waals surface area contributed by atoms with Crippen LogP contribution in [0.25, 0.3) is 10.9 Å². The Labute approximate surface area is 157 Å². The van der Waals surface area contributed by atoms with Gasteiger partial charge in [0.05, 0.1) is 16.1 Å². The first-order chi connectivity index (χ1) is 12.3. The third kappa shape index (κ3) is 2.86. The highest BCUT2D eigenvalue weighted by Crippen LogP contribution is 2.32. The molecule has 0 saturated heterocycles. The van der Waals surface area contributed by atoms with Crippen LogP contribution in [0.2, 0.25) is 5.02 Å². The van der Waals surface area contributed by atoms with Crippen LogP contribution < -0.4 is 0 Å². The van der Waals surface area contributed by atoms with E-state index in [1.807, 2.05) is 23.1 Å². The molecule has 4 rings (SSSR count). The summed E-state index contributed by atoms with van der Waals surface area (Å²) >= 11 is 6.29. The number of nitrogens with one attached hydrogen (secondary N) is 1. The first kappa shape index (κ1) is 17.0. The molecule has 1 aliphatic heterocycles. The van der Waals surface area contributed by atoms with Gasteiger partial charge in [0.1, 0.15) is 5.82 Å². The highest BCUT2D eigenvalue weighted by Gasteiger charge is 2.26. The number of aromatic amines is 1. The SMILES string of the molecule is CC(C)(C)c1ncc(C(=O)N2CCc3[nH]c4c(Cl)cccc4c3C2)cn1. The van der Waals surface area contributed by atoms with E-state index in [0.717, 1.165) is 34.4 Å². The second-order valence-corrected chi connectivity index (χ2v) is 8.17. The fourth-order valence-corrected chi connectivity index (χ4v) is 3.61. The highest BCUT2D eigenvalue weighted by atomic mass is 35.5. The number of benzene rings is 1. The second-order valence-electron chi connectivity index (χ2n) is 7.77. The lowest BCUT2D eigenvalue weighted by Gasteiger charge is -2.27. The van der Waals surface area contributed by atoms with Crippen LogP contribution in [0.4, 0.5) is 0 Å². The number of nitrogens with zero attached hydrogens (tertiary/aromatic N) is 3. The standard InChI is InChI=1S/C20H21ClN4O/c1-20(2,3)19-22-9-12(10-23-19)18(26)25-8-7-16-14(11-25)13-5-4-6-15(21)17(13)24-16/h4-6,9-10,24H,7-8,11H2,1-3H3. The van der Waals surface area contributed by atoms with E-state index in [1.165, 1.54) is 0 Å². The van der Waals surface area contributed by atoms with Gasteiger partial charge in [-0.25, -0.2) is 9.97 Å². The van der Waals surface area contributed by atoms with Crippen molar-refractivity contribution in [2.75, 3.05) is 6.54 Å². The molecule has 0 unspecified atom stereocenters. The Hall–Kier alpha value is -2.40. The molecule has 0 spiro atoms. The van der Waals surface area contributed by atoms with Gasteiger partial charge in [0.25, 0.3) is 5.91 Å². The smallest absolute Gasteiger partial charge is 0.257 e. The molecule has 5 nitrogen and oxygen atoms in total. The zero-order valence-electron chi connectivity index (χ0n) is 15.1. The van der Waals surface area contributed by atoms with Gasteiger partial charge in [-0.05, 0) is 6.07 Å². The van der Waals surface area contributed by atoms with E-state index in [4.69, 9.17) is 11.6 Å². The summed E-state index contributed by atoms with van der Waals surface area (Å²) in [6, 6.07) is 5.87. The normalized spacial score (nSPS) is 14.5. The van der Waals surface area contributed by atoms with Crippen molar-refractivity contribution >= 4 is 28.4 Å². The monoisotopic (exact) mass is 368 g/mol. The van der Waals surface area contributed by atoms with Gasteiger partial charge in [-0.1, -0.05) is 44.5 Å². The number of carbonyl (C=O) groups excluding carboxylic acids is 1. The summed E-state index contributed by atoms with van der Waals surface area (Å²) in [7, 11) is 0. The molecule has 1 aliphatic rings. The van der Waals surface area contributed by atoms with E-state index < -0.39 is 0 Å². The molecule has 1 N–H and O–H groups in total. The Kier molecular flexibility index (Phi) is 3.99. The maximum absolute atomic E-state index is 12.9. The number of para-hydroxylation sites is 1. The minimum absolute atomic E-state index is 0.0347. The van der Waals surface area contributed by atoms with Gasteiger partial charge in [-0.15, -0.1) is 0 Å². The molecule has 0 radical (unpaired) electrons. The van der Waals surface area contributed by atoms with Crippen molar-refractivity contribution in [2.45, 2.75) is 39.2 Å². The van der Waals surface area contributed by atoms with Gasteiger partial charge in [0.2, 0.25) is 0 Å². The van der Waals surface area contributed by atoms with Crippen LogP contribution in [0.15, 0.2) is 30.6 Å². The third-order valence-electron chi connectivity index (χ3n) is 4.82. The van der Waals surface area contributed by atoms with Gasteiger partial charge >= 0.3 is 0 Å². The molecule has 26 heavy (non-hydrogen) atoms. The first-order valence-electron chi connectivity index (χ1n) is 8.74. The number of hydrogen-bond acceptors (Lipinski definition) is 3. The van der Waals surface area contributed by atoms with Crippen molar-refractivity contribution in [1.82, 2.24) is 19.9 Å². The zero-order valence-corrected chi connectivity index (χ0v) is 15.9. The zero-order chi connectivity index (χ0) is 18.5. The van der Waals surface area contributed by atoms with Crippen LogP contribution in [0.3, 0.4) is 0 Å². The minimum Gasteiger partial charge on any atom is -0.357 e. The van der Waals surface area contributed by atoms with Crippen molar-refractivity contribution < 1.29 is 4.79 Å². The summed E-state index contributed by atoms with van der Waals surface area (Å²) in [6.07, 6.45) is 4.06. The quantitative estimate of drug-likeness (QED) is 0.703. The van der Waals surface area contributed by atoms with E-state index >= 15 is 0 Å². The van der Waals surface area contributed by atoms with Gasteiger partial charge in [-0.3, -0.25) is 4.79 Å². The number of aromatic nitrogens is 3. The van der Waals surface area contributed by atoms with E-state index in [1.54, 1.807) is 12.4 Å². The van der Waals surface area contributed by atoms with Gasteiger partial charge in [0.15, 0.2) is 0 Å². The number of halogens is 1. The van der Waals surface area contributed by atoms with Gasteiger partial charge in [0, 0.05) is 54.0 Å². The topological polar surface area (TPSA) is 61.9 Å². The van der Waals surface area contributed by atoms with Crippen LogP contribution in [0.1, 0.15) is 48.2 Å². The average Bonchev–Trinajstić information content (AvgIpc) is 3.00. The van der Waals surface area contributed by atoms with Crippen molar-refractivity contribution in [3.05, 3.63) is 58.3 Å². The average molecular weight is 369 g/mol. The molecule has 3 aromatic rings. The summed E-state index contributed by atoms with van der Waals surface area (Å²) in [5.41, 5.74) is 3.65. The van der Waals surface area contributed by atoms with E-state index in [0.29, 0.717) is 23.7 Å². The molecule has 134 valence electrons. The number of fused-ring (bicyclic) bond motifs is 3. The number of hydrogen-bond donors (Lipinski definition) is 1. The van der Waals surface area contributed by atoms with Crippen molar-refractivity contribution in [1.29, 1.82) is 0 Å². The van der Waals surface area contributed by atoms with Crippen molar-refractivity contribution in [2.24, 2.45) is 0 Å². The fraction of sp³-hybridized carbons (Fsp3) is 0.350. The molecular formula is C20H21ClN4O. The summed E-state index contributed by atoms with van der Waals surface area (Å²) in [4.78, 5) is 26.9. The molecule has 0 saturated carbocycles. The Morgan fingerprint density at radius 2 is 1.96 bits per heavy atom. The van der Waals surface area contributed by atoms with E-state index in [9.17, 15) is 4.79 Å². The fourth-order valence-electron chi connectivity index (χ4n) is 3.38. The summed E-state index contributed by atoms with van der Waals surface area (Å²) < 4.78 is 0. The molecule has 0 fully saturated rings. The molecule has 1 amide bonds. The number of amides is 1. The maximum atomic E-state index is 12.9. The minimum atomic E-state index is -0.134. The Balaban J connectivity index is 1.61. The highest BCUT2D eigenvalue weighted by molar-refractivity contribution is 6.35. The van der Waals surface area contributed by atoms with Crippen LogP contribution in [0.5, 0.6) is 0 Å². The summed E-state index contributed by atoms with van der Waals surface area (Å²) in [6.45, 7) is 7.39. The summed E-state index contributed by atoms with van der Waals surface area (Å²) in [5.74, 6) is 0.703. The molecule has 0 atom stereocenters. The third-order valence-corrected chi connectivity index (χ3v) is 5.13. The molecule has 1 aromatic carbocycles. The molecule has 0 bridgehead atoms. The molecule has 2 aromatic heterocycles. The van der Waals surface area contributed by atoms with E-state index in [-0.39, 0.29) is 11.3 Å². The van der Waals surface area contributed by atoms with Crippen molar-refractivity contribution in [3.8, 4) is 0 Å². The van der Waals surface area contributed by atoms with Crippen LogP contribution in [0, 0.1) is 0 Å². The molecule has 6 heteroatoms. The second kappa shape index (κ2) is 6.09. The number of carbonyl (C=O) groups is 1. The Morgan fingerprint density at radius 1 is 1.23 bits per heavy atom. The van der Waals surface area contributed by atoms with E-state index in [2.05, 4.69) is 35.7 Å². The van der Waals surface area contributed by atoms with Gasteiger partial charge in [-0.2, -0.15) is 0 Å². The van der Waals surface area contributed by atoms with Crippen LogP contribution >= 0.6 is 11.6 Å². The lowest BCUT2D eigenvalue weighted by molar-refractivity contribution is 0.0734. The first-order valence-corrected chi connectivity index (χ1v) is 9.12. The maximum Gasteiger partial charge on any atom is 0.257 e. The lowest BCUT2D eigenvalue weighted by Crippen LogP contribution is -2.36. The number of rotatable bonds is 1. The molecule has 0 aliphatic carbocycles. The largest absolute Gasteiger partial charge is 0.357 e. The van der Waals surface area contributed by atoms with Crippen LogP contribution in [-0.2, 0) is 18.4 Å². The predicted octanol–water partition coefficient (Wildman–Crippen LogP) is 4.11. The molecular weight excluding hydrogens is 348 g/mol. The van der Waals surface area contributed by atoms with Crippen LogP contribution in [-0.4, -0.2) is 32.3 Å². The van der Waals surface area contributed by atoms with Gasteiger partial charge < -0.3 is 9.88 Å². The Bertz CT molecular complexity index is 985. The lowest BCUT2D eigenvalue weighted by atomic mass is 9.96. The summed E-state index contributed by atoms with van der Waals surface area (Å²) in [5, 5.41) is 1.80. The van der Waals surface area contributed by atoms with Crippen molar-refractivity contribution in [3.63, 3.8) is 0 Å². The number of H-pyrrole nitrogens is 1.